The summed E-state index contributed by atoms with van der Waals surface area (Å²) < 4.78 is 70.3. The SMILES string of the molecule is CC(=Nc1c(C)cc(C)c(S(=O)(=O)[O-])c1C)C(C)=Nc1c(C)cc(C)c(S(=O)(=O)[O-])c1C. The number of rotatable bonds is 5. The lowest BCUT2D eigenvalue weighted by molar-refractivity contribution is 0.459. The van der Waals surface area contributed by atoms with Crippen molar-refractivity contribution in [3.63, 3.8) is 0 Å². The van der Waals surface area contributed by atoms with E-state index in [2.05, 4.69) is 9.98 Å². The van der Waals surface area contributed by atoms with Crippen molar-refractivity contribution in [1.29, 1.82) is 0 Å². The van der Waals surface area contributed by atoms with Crippen LogP contribution in [0.2, 0.25) is 0 Å². The number of hydrogen-bond donors (Lipinski definition) is 0. The lowest BCUT2D eigenvalue weighted by atomic mass is 10.0. The first kappa shape index (κ1) is 25.9. The summed E-state index contributed by atoms with van der Waals surface area (Å²) in [5.41, 5.74) is 4.22. The number of aryl methyl sites for hydroxylation is 4. The van der Waals surface area contributed by atoms with Crippen LogP contribution in [0.5, 0.6) is 0 Å². The van der Waals surface area contributed by atoms with Crippen LogP contribution in [0, 0.1) is 41.5 Å². The largest absolute Gasteiger partial charge is 0.744 e. The summed E-state index contributed by atoms with van der Waals surface area (Å²) in [4.78, 5) is 8.46. The van der Waals surface area contributed by atoms with Crippen LogP contribution in [0.25, 0.3) is 0 Å². The van der Waals surface area contributed by atoms with Gasteiger partial charge < -0.3 is 9.11 Å². The Morgan fingerprint density at radius 2 is 0.906 bits per heavy atom. The molecule has 0 unspecified atom stereocenters. The molecule has 0 saturated carbocycles. The standard InChI is InChI=1S/C22H28N2O6S2/c1-11-9-13(3)21(31(25,26)27)15(5)19(11)23-17(7)18(8)24-20-12(2)10-14(4)22(16(20)6)32(28,29)30/h9-10H,1-8H3,(H,25,26,27)(H,28,29,30)/p-2. The van der Waals surface area contributed by atoms with Gasteiger partial charge in [-0.1, -0.05) is 12.1 Å². The maximum Gasteiger partial charge on any atom is 0.125 e. The second-order valence-electron chi connectivity index (χ2n) is 7.93. The van der Waals surface area contributed by atoms with Gasteiger partial charge in [0.25, 0.3) is 0 Å². The van der Waals surface area contributed by atoms with Gasteiger partial charge in [-0.25, -0.2) is 16.8 Å². The molecular weight excluding hydrogens is 452 g/mol. The topological polar surface area (TPSA) is 139 Å². The van der Waals surface area contributed by atoms with Crippen molar-refractivity contribution in [2.75, 3.05) is 0 Å². The third-order valence-electron chi connectivity index (χ3n) is 5.30. The fourth-order valence-corrected chi connectivity index (χ4v) is 5.78. The van der Waals surface area contributed by atoms with E-state index in [0.29, 0.717) is 45.1 Å². The molecule has 0 radical (unpaired) electrons. The van der Waals surface area contributed by atoms with E-state index in [4.69, 9.17) is 0 Å². The van der Waals surface area contributed by atoms with Crippen LogP contribution < -0.4 is 0 Å². The Hall–Kier alpha value is -2.40. The second kappa shape index (κ2) is 8.86. The molecule has 0 aliphatic carbocycles. The van der Waals surface area contributed by atoms with Crippen LogP contribution in [0.15, 0.2) is 31.9 Å². The minimum Gasteiger partial charge on any atom is -0.744 e. The lowest BCUT2D eigenvalue weighted by Gasteiger charge is -2.18. The number of hydrogen-bond acceptors (Lipinski definition) is 8. The molecule has 0 spiro atoms. The predicted molar refractivity (Wildman–Crippen MR) is 123 cm³/mol. The Balaban J connectivity index is 2.71. The molecule has 2 rings (SSSR count). The molecule has 32 heavy (non-hydrogen) atoms. The van der Waals surface area contributed by atoms with Gasteiger partial charge in [0, 0.05) is 0 Å². The molecule has 10 heteroatoms. The van der Waals surface area contributed by atoms with Crippen LogP contribution in [-0.4, -0.2) is 37.4 Å². The van der Waals surface area contributed by atoms with Crippen molar-refractivity contribution in [3.05, 3.63) is 45.5 Å². The minimum atomic E-state index is -4.68. The highest BCUT2D eigenvalue weighted by molar-refractivity contribution is 7.86. The van der Waals surface area contributed by atoms with Crippen molar-refractivity contribution < 1.29 is 25.9 Å². The van der Waals surface area contributed by atoms with Crippen LogP contribution in [0.3, 0.4) is 0 Å². The monoisotopic (exact) mass is 478 g/mol. The Bertz CT molecular complexity index is 1280. The molecule has 0 aliphatic heterocycles. The first-order valence-corrected chi connectivity index (χ1v) is 12.5. The zero-order chi connectivity index (χ0) is 24.8. The van der Waals surface area contributed by atoms with Gasteiger partial charge in [0.2, 0.25) is 0 Å². The smallest absolute Gasteiger partial charge is 0.125 e. The van der Waals surface area contributed by atoms with Crippen molar-refractivity contribution in [3.8, 4) is 0 Å². The van der Waals surface area contributed by atoms with Crippen LogP contribution in [0.1, 0.15) is 47.2 Å². The molecule has 0 aromatic heterocycles. The highest BCUT2D eigenvalue weighted by Gasteiger charge is 2.18. The van der Waals surface area contributed by atoms with E-state index in [1.165, 1.54) is 13.8 Å². The fraction of sp³-hybridized carbons (Fsp3) is 0.364. The maximum absolute atomic E-state index is 11.7. The summed E-state index contributed by atoms with van der Waals surface area (Å²) in [6.07, 6.45) is 0. The zero-order valence-electron chi connectivity index (χ0n) is 19.3. The van der Waals surface area contributed by atoms with E-state index < -0.39 is 20.2 Å². The van der Waals surface area contributed by atoms with E-state index in [-0.39, 0.29) is 20.9 Å². The van der Waals surface area contributed by atoms with Gasteiger partial charge in [-0.2, -0.15) is 0 Å². The molecule has 0 heterocycles. The normalized spacial score (nSPS) is 13.6. The molecule has 0 atom stereocenters. The van der Waals surface area contributed by atoms with E-state index in [1.807, 2.05) is 0 Å². The maximum atomic E-state index is 11.7. The average Bonchev–Trinajstić information content (AvgIpc) is 2.58. The molecule has 0 saturated heterocycles. The molecule has 0 N–H and O–H groups in total. The second-order valence-corrected chi connectivity index (χ2v) is 10.6. The van der Waals surface area contributed by atoms with Gasteiger partial charge in [0.1, 0.15) is 20.2 Å². The van der Waals surface area contributed by atoms with Gasteiger partial charge in [-0.05, 0) is 88.8 Å². The average molecular weight is 479 g/mol. The van der Waals surface area contributed by atoms with Gasteiger partial charge in [0.15, 0.2) is 0 Å². The molecule has 0 amide bonds. The van der Waals surface area contributed by atoms with Crippen molar-refractivity contribution >= 4 is 43.0 Å². The van der Waals surface area contributed by atoms with Crippen molar-refractivity contribution in [2.24, 2.45) is 9.98 Å². The Labute approximate surface area is 189 Å². The van der Waals surface area contributed by atoms with Crippen molar-refractivity contribution in [2.45, 2.75) is 65.2 Å². The minimum absolute atomic E-state index is 0.257. The molecule has 174 valence electrons. The van der Waals surface area contributed by atoms with Crippen LogP contribution >= 0.6 is 0 Å². The number of aliphatic imine (C=N–C) groups is 2. The lowest BCUT2D eigenvalue weighted by Crippen LogP contribution is -2.09. The summed E-state index contributed by atoms with van der Waals surface area (Å²) in [5, 5.41) is 0. The quantitative estimate of drug-likeness (QED) is 0.465. The van der Waals surface area contributed by atoms with E-state index >= 15 is 0 Å². The van der Waals surface area contributed by atoms with E-state index in [9.17, 15) is 25.9 Å². The predicted octanol–water partition coefficient (Wildman–Crippen LogP) is 4.23. The van der Waals surface area contributed by atoms with Gasteiger partial charge in [0.05, 0.1) is 32.6 Å². The number of nitrogens with zero attached hydrogens (tertiary/aromatic N) is 2. The molecule has 8 nitrogen and oxygen atoms in total. The summed E-state index contributed by atoms with van der Waals surface area (Å²) in [5.74, 6) is 0. The molecule has 0 aliphatic rings. The highest BCUT2D eigenvalue weighted by Crippen LogP contribution is 2.34. The first-order valence-electron chi connectivity index (χ1n) is 9.71. The Morgan fingerprint density at radius 3 is 1.16 bits per heavy atom. The summed E-state index contributed by atoms with van der Waals surface area (Å²) in [6.45, 7) is 13.1. The van der Waals surface area contributed by atoms with Crippen molar-refractivity contribution in [1.82, 2.24) is 0 Å². The fourth-order valence-electron chi connectivity index (χ4n) is 3.93. The van der Waals surface area contributed by atoms with Gasteiger partial charge in [-0.3, -0.25) is 9.98 Å². The zero-order valence-corrected chi connectivity index (χ0v) is 20.9. The highest BCUT2D eigenvalue weighted by atomic mass is 32.2. The number of benzene rings is 2. The van der Waals surface area contributed by atoms with Crippen LogP contribution in [-0.2, 0) is 20.2 Å². The molecule has 0 bridgehead atoms. The van der Waals surface area contributed by atoms with E-state index in [0.717, 1.165) is 0 Å². The van der Waals surface area contributed by atoms with Gasteiger partial charge >= 0.3 is 0 Å². The summed E-state index contributed by atoms with van der Waals surface area (Å²) >= 11 is 0. The Morgan fingerprint density at radius 1 is 0.625 bits per heavy atom. The Kier molecular flexibility index (Phi) is 7.16. The van der Waals surface area contributed by atoms with Gasteiger partial charge in [-0.15, -0.1) is 0 Å². The molecular formula is C22H26N2O6S2-2. The third-order valence-corrected chi connectivity index (χ3v) is 7.56. The molecule has 2 aromatic rings. The third kappa shape index (κ3) is 5.15. The summed E-state index contributed by atoms with van der Waals surface area (Å²) in [6, 6.07) is 3.19. The molecule has 0 fully saturated rings. The summed E-state index contributed by atoms with van der Waals surface area (Å²) in [7, 11) is -9.36. The first-order chi connectivity index (χ1) is 14.5. The van der Waals surface area contributed by atoms with E-state index in [1.54, 1.807) is 53.7 Å². The van der Waals surface area contributed by atoms with Crippen LogP contribution in [0.4, 0.5) is 11.4 Å². The molecule has 2 aromatic carbocycles.